The molecule has 0 bridgehead atoms. The van der Waals surface area contributed by atoms with Gasteiger partial charge in [0.15, 0.2) is 0 Å². The summed E-state index contributed by atoms with van der Waals surface area (Å²) in [5.41, 5.74) is 0.516. The summed E-state index contributed by atoms with van der Waals surface area (Å²) in [7, 11) is 0. The fourth-order valence-electron chi connectivity index (χ4n) is 5.48. The minimum absolute atomic E-state index is 0.212. The van der Waals surface area contributed by atoms with Gasteiger partial charge in [-0.2, -0.15) is 0 Å². The molecule has 7 heteroatoms. The molecule has 0 N–H and O–H groups in total. The number of carbonyl (C=O) groups is 2. The van der Waals surface area contributed by atoms with Gasteiger partial charge in [-0.15, -0.1) is 0 Å². The number of carbonyl (C=O) groups excluding carboxylic acids is 2. The first-order chi connectivity index (χ1) is 19.5. The van der Waals surface area contributed by atoms with Crippen LogP contribution >= 0.6 is 0 Å². The number of imidazole rings is 1. The van der Waals surface area contributed by atoms with Gasteiger partial charge in [0, 0.05) is 32.0 Å². The van der Waals surface area contributed by atoms with E-state index in [1.54, 1.807) is 17.4 Å². The number of rotatable bonds is 9. The van der Waals surface area contributed by atoms with Gasteiger partial charge in [0.1, 0.15) is 17.0 Å². The van der Waals surface area contributed by atoms with Gasteiger partial charge in [-0.1, -0.05) is 72.8 Å². The average molecular weight is 531 g/mol. The van der Waals surface area contributed by atoms with E-state index < -0.39 is 5.54 Å². The van der Waals surface area contributed by atoms with Crippen LogP contribution in [-0.2, 0) is 23.4 Å². The Morgan fingerprint density at radius 1 is 0.825 bits per heavy atom. The zero-order chi connectivity index (χ0) is 27.5. The number of aryl methyl sites for hydroxylation is 1. The van der Waals surface area contributed by atoms with Crippen molar-refractivity contribution < 1.29 is 14.3 Å². The van der Waals surface area contributed by atoms with Crippen LogP contribution in [0.3, 0.4) is 0 Å². The van der Waals surface area contributed by atoms with E-state index in [0.717, 1.165) is 27.6 Å². The van der Waals surface area contributed by atoms with E-state index in [0.29, 0.717) is 25.3 Å². The maximum atomic E-state index is 14.2. The number of hydrogen-bond donors (Lipinski definition) is 0. The lowest BCUT2D eigenvalue weighted by atomic mass is 9.86. The highest BCUT2D eigenvalue weighted by Crippen LogP contribution is 2.41. The number of amides is 3. The van der Waals surface area contributed by atoms with Gasteiger partial charge >= 0.3 is 6.03 Å². The highest BCUT2D eigenvalue weighted by Gasteiger charge is 2.55. The highest BCUT2D eigenvalue weighted by atomic mass is 16.5. The molecule has 1 atom stereocenters. The average Bonchev–Trinajstić information content (AvgIpc) is 3.56. The van der Waals surface area contributed by atoms with Crippen molar-refractivity contribution in [3.05, 3.63) is 127 Å². The molecular formula is C33H30N4O3. The smallest absolute Gasteiger partial charge is 0.328 e. The van der Waals surface area contributed by atoms with Crippen molar-refractivity contribution in [3.63, 3.8) is 0 Å². The lowest BCUT2D eigenvalue weighted by Crippen LogP contribution is -2.44. The quantitative estimate of drug-likeness (QED) is 0.201. The molecular weight excluding hydrogens is 500 g/mol. The highest BCUT2D eigenvalue weighted by molar-refractivity contribution is 6.09. The minimum atomic E-state index is -1.18. The van der Waals surface area contributed by atoms with Crippen LogP contribution in [0.4, 0.5) is 4.79 Å². The van der Waals surface area contributed by atoms with Crippen LogP contribution in [0.1, 0.15) is 24.5 Å². The van der Waals surface area contributed by atoms with Gasteiger partial charge < -0.3 is 14.2 Å². The molecule has 4 aromatic carbocycles. The third kappa shape index (κ3) is 4.71. The number of para-hydroxylation sites is 1. The molecule has 0 saturated carbocycles. The number of urea groups is 1. The second-order valence-electron chi connectivity index (χ2n) is 10.1. The Bertz CT molecular complexity index is 1650. The van der Waals surface area contributed by atoms with Crippen LogP contribution in [0.25, 0.3) is 10.8 Å². The van der Waals surface area contributed by atoms with Crippen LogP contribution in [0.15, 0.2) is 116 Å². The Hall–Kier alpha value is -4.91. The van der Waals surface area contributed by atoms with Crippen molar-refractivity contribution in [3.8, 4) is 11.5 Å². The number of benzene rings is 4. The van der Waals surface area contributed by atoms with Crippen molar-refractivity contribution in [1.29, 1.82) is 0 Å². The maximum Gasteiger partial charge on any atom is 0.328 e. The van der Waals surface area contributed by atoms with Gasteiger partial charge in [0.2, 0.25) is 0 Å². The van der Waals surface area contributed by atoms with Crippen LogP contribution < -0.4 is 4.74 Å². The Morgan fingerprint density at radius 2 is 1.57 bits per heavy atom. The van der Waals surface area contributed by atoms with E-state index in [9.17, 15) is 9.59 Å². The molecule has 1 saturated heterocycles. The van der Waals surface area contributed by atoms with Crippen molar-refractivity contribution >= 4 is 22.7 Å². The lowest BCUT2D eigenvalue weighted by molar-refractivity contribution is -0.133. The summed E-state index contributed by atoms with van der Waals surface area (Å²) < 4.78 is 8.00. The second-order valence-corrected chi connectivity index (χ2v) is 10.1. The molecule has 1 fully saturated rings. The Labute approximate surface area is 233 Å². The van der Waals surface area contributed by atoms with E-state index in [-0.39, 0.29) is 18.5 Å². The summed E-state index contributed by atoms with van der Waals surface area (Å²) in [6.45, 7) is 3.12. The summed E-state index contributed by atoms with van der Waals surface area (Å²) in [6.07, 6.45) is 5.98. The summed E-state index contributed by atoms with van der Waals surface area (Å²) in [5, 5.41) is 1.98. The molecule has 0 radical (unpaired) electrons. The summed E-state index contributed by atoms with van der Waals surface area (Å²) in [4.78, 5) is 35.4. The van der Waals surface area contributed by atoms with Gasteiger partial charge in [-0.05, 0) is 59.5 Å². The van der Waals surface area contributed by atoms with Crippen molar-refractivity contribution in [1.82, 2.24) is 19.4 Å². The molecule has 1 aliphatic rings. The SMILES string of the molecule is CC1(c2cccc3ccccc23)C(=O)N(CCCn2ccnc2)C(=O)N1Cc1cccc(Oc2ccccc2)c1. The van der Waals surface area contributed by atoms with E-state index in [1.165, 1.54) is 4.90 Å². The molecule has 3 amide bonds. The third-order valence-corrected chi connectivity index (χ3v) is 7.55. The summed E-state index contributed by atoms with van der Waals surface area (Å²) in [5.74, 6) is 1.19. The van der Waals surface area contributed by atoms with Crippen molar-refractivity contribution in [2.45, 2.75) is 32.0 Å². The zero-order valence-electron chi connectivity index (χ0n) is 22.3. The first-order valence-electron chi connectivity index (χ1n) is 13.4. The molecule has 2 heterocycles. The number of hydrogen-bond acceptors (Lipinski definition) is 4. The fourth-order valence-corrected chi connectivity index (χ4v) is 5.48. The molecule has 6 rings (SSSR count). The van der Waals surface area contributed by atoms with E-state index in [1.807, 2.05) is 115 Å². The number of imide groups is 1. The van der Waals surface area contributed by atoms with Gasteiger partial charge in [-0.25, -0.2) is 9.78 Å². The molecule has 1 aromatic heterocycles. The Morgan fingerprint density at radius 3 is 2.40 bits per heavy atom. The largest absolute Gasteiger partial charge is 0.457 e. The number of ether oxygens (including phenoxy) is 1. The Balaban J connectivity index is 1.34. The predicted octanol–water partition coefficient (Wildman–Crippen LogP) is 6.60. The first kappa shape index (κ1) is 25.4. The van der Waals surface area contributed by atoms with Crippen LogP contribution in [0.2, 0.25) is 0 Å². The monoisotopic (exact) mass is 530 g/mol. The molecule has 200 valence electrons. The third-order valence-electron chi connectivity index (χ3n) is 7.55. The van der Waals surface area contributed by atoms with Gasteiger partial charge in [-0.3, -0.25) is 9.69 Å². The van der Waals surface area contributed by atoms with Gasteiger partial charge in [0.05, 0.1) is 6.33 Å². The molecule has 5 aromatic rings. The van der Waals surface area contributed by atoms with Gasteiger partial charge in [0.25, 0.3) is 5.91 Å². The minimum Gasteiger partial charge on any atom is -0.457 e. The fraction of sp³-hybridized carbons (Fsp3) is 0.182. The van der Waals surface area contributed by atoms with Crippen molar-refractivity contribution in [2.24, 2.45) is 0 Å². The van der Waals surface area contributed by atoms with E-state index in [4.69, 9.17) is 4.74 Å². The molecule has 1 unspecified atom stereocenters. The summed E-state index contributed by atoms with van der Waals surface area (Å²) in [6, 6.07) is 30.9. The predicted molar refractivity (Wildman–Crippen MR) is 154 cm³/mol. The molecule has 0 spiro atoms. The molecule has 1 aliphatic heterocycles. The van der Waals surface area contributed by atoms with Crippen LogP contribution in [0, 0.1) is 0 Å². The van der Waals surface area contributed by atoms with E-state index in [2.05, 4.69) is 4.98 Å². The zero-order valence-corrected chi connectivity index (χ0v) is 22.3. The number of nitrogens with zero attached hydrogens (tertiary/aromatic N) is 4. The normalized spacial score (nSPS) is 17.1. The Kier molecular flexibility index (Phi) is 6.78. The molecule has 7 nitrogen and oxygen atoms in total. The number of fused-ring (bicyclic) bond motifs is 1. The number of aromatic nitrogens is 2. The topological polar surface area (TPSA) is 67.7 Å². The lowest BCUT2D eigenvalue weighted by Gasteiger charge is -2.33. The molecule has 0 aliphatic carbocycles. The van der Waals surface area contributed by atoms with E-state index >= 15 is 0 Å². The van der Waals surface area contributed by atoms with Crippen LogP contribution in [0.5, 0.6) is 11.5 Å². The molecule has 40 heavy (non-hydrogen) atoms. The van der Waals surface area contributed by atoms with Crippen molar-refractivity contribution in [2.75, 3.05) is 6.54 Å². The maximum absolute atomic E-state index is 14.2. The standard InChI is InChI=1S/C33H30N4O3/c1-33(30-17-8-12-26-11-5-6-16-29(26)30)31(38)36(20-9-19-35-21-18-34-24-35)32(39)37(33)23-25-10-7-15-28(22-25)40-27-13-3-2-4-14-27/h2-8,10-18,21-22,24H,9,19-20,23H2,1H3. The summed E-state index contributed by atoms with van der Waals surface area (Å²) >= 11 is 0. The van der Waals surface area contributed by atoms with Crippen LogP contribution in [-0.4, -0.2) is 37.8 Å². The second kappa shape index (κ2) is 10.7. The first-order valence-corrected chi connectivity index (χ1v) is 13.4.